The Morgan fingerprint density at radius 3 is 2.18 bits per heavy atom. The maximum absolute atomic E-state index is 14.0. The number of fused-ring (bicyclic) bond motifs is 3. The summed E-state index contributed by atoms with van der Waals surface area (Å²) in [4.78, 5) is 22.7. The van der Waals surface area contributed by atoms with Crippen molar-refractivity contribution in [1.82, 2.24) is 4.90 Å². The van der Waals surface area contributed by atoms with Gasteiger partial charge in [-0.25, -0.2) is 0 Å². The molecule has 2 fully saturated rings. The van der Waals surface area contributed by atoms with Crippen molar-refractivity contribution in [2.24, 2.45) is 5.92 Å². The van der Waals surface area contributed by atoms with E-state index in [9.17, 15) is 18.0 Å². The molecule has 38 heavy (non-hydrogen) atoms. The van der Waals surface area contributed by atoms with Crippen molar-refractivity contribution >= 4 is 23.0 Å². The molecule has 3 aromatic carbocycles. The van der Waals surface area contributed by atoms with E-state index in [2.05, 4.69) is 40.1 Å². The molecule has 2 atom stereocenters. The van der Waals surface area contributed by atoms with Gasteiger partial charge in [0.25, 0.3) is 0 Å². The first-order chi connectivity index (χ1) is 18.4. The SMILES string of the molecule is O=C(C1Cc2ccccc2N2CCN(c3ccccc3)CC12)N1CCN(c2cccc(C(F)(F)F)c2)CC1. The second-order valence-corrected chi connectivity index (χ2v) is 10.3. The number of piperazine rings is 2. The molecular weight excluding hydrogens is 489 g/mol. The Hall–Kier alpha value is -3.68. The lowest BCUT2D eigenvalue weighted by molar-refractivity contribution is -0.137. The molecule has 0 aliphatic carbocycles. The summed E-state index contributed by atoms with van der Waals surface area (Å²) in [5, 5.41) is 0. The Morgan fingerprint density at radius 2 is 1.42 bits per heavy atom. The van der Waals surface area contributed by atoms with Crippen molar-refractivity contribution in [1.29, 1.82) is 0 Å². The van der Waals surface area contributed by atoms with E-state index >= 15 is 0 Å². The molecule has 2 unspecified atom stereocenters. The van der Waals surface area contributed by atoms with Crippen molar-refractivity contribution in [3.05, 3.63) is 90.0 Å². The number of anilines is 3. The number of para-hydroxylation sites is 2. The van der Waals surface area contributed by atoms with Crippen LogP contribution < -0.4 is 14.7 Å². The van der Waals surface area contributed by atoms with E-state index in [0.29, 0.717) is 38.3 Å². The molecule has 3 aliphatic rings. The Kier molecular flexibility index (Phi) is 6.41. The van der Waals surface area contributed by atoms with Crippen LogP contribution in [0.4, 0.5) is 30.2 Å². The number of nitrogens with zero attached hydrogens (tertiary/aromatic N) is 4. The molecule has 3 heterocycles. The third-order valence-electron chi connectivity index (χ3n) is 8.19. The highest BCUT2D eigenvalue weighted by atomic mass is 19.4. The molecule has 3 aromatic rings. The number of carbonyl (C=O) groups is 1. The van der Waals surface area contributed by atoms with E-state index in [1.54, 1.807) is 6.07 Å². The summed E-state index contributed by atoms with van der Waals surface area (Å²) in [5.41, 5.74) is 3.51. The Morgan fingerprint density at radius 1 is 0.737 bits per heavy atom. The number of amides is 1. The van der Waals surface area contributed by atoms with Gasteiger partial charge < -0.3 is 19.6 Å². The van der Waals surface area contributed by atoms with Gasteiger partial charge in [0, 0.05) is 62.9 Å². The Bertz CT molecular complexity index is 1290. The molecule has 0 N–H and O–H groups in total. The van der Waals surface area contributed by atoms with Gasteiger partial charge in [0.2, 0.25) is 5.91 Å². The zero-order chi connectivity index (χ0) is 26.3. The Balaban J connectivity index is 1.20. The molecule has 1 amide bonds. The highest BCUT2D eigenvalue weighted by Gasteiger charge is 2.43. The molecule has 2 saturated heterocycles. The van der Waals surface area contributed by atoms with Crippen molar-refractivity contribution in [3.63, 3.8) is 0 Å². The van der Waals surface area contributed by atoms with Gasteiger partial charge in [0.1, 0.15) is 0 Å². The van der Waals surface area contributed by atoms with E-state index in [1.165, 1.54) is 29.1 Å². The van der Waals surface area contributed by atoms with Crippen LogP contribution in [0.25, 0.3) is 0 Å². The predicted octanol–water partition coefficient (Wildman–Crippen LogP) is 4.92. The number of carbonyl (C=O) groups excluding carboxylic acids is 1. The monoisotopic (exact) mass is 520 g/mol. The minimum atomic E-state index is -4.37. The number of rotatable bonds is 3. The zero-order valence-corrected chi connectivity index (χ0v) is 21.1. The quantitative estimate of drug-likeness (QED) is 0.491. The van der Waals surface area contributed by atoms with Crippen LogP contribution in [0.3, 0.4) is 0 Å². The van der Waals surface area contributed by atoms with Crippen molar-refractivity contribution < 1.29 is 18.0 Å². The third-order valence-corrected chi connectivity index (χ3v) is 8.19. The number of halogens is 3. The molecule has 5 nitrogen and oxygen atoms in total. The average Bonchev–Trinajstić information content (AvgIpc) is 2.96. The van der Waals surface area contributed by atoms with E-state index < -0.39 is 11.7 Å². The first-order valence-electron chi connectivity index (χ1n) is 13.2. The second-order valence-electron chi connectivity index (χ2n) is 10.3. The predicted molar refractivity (Wildman–Crippen MR) is 144 cm³/mol. The van der Waals surface area contributed by atoms with Crippen LogP contribution in [0, 0.1) is 5.92 Å². The van der Waals surface area contributed by atoms with Gasteiger partial charge in [-0.3, -0.25) is 4.79 Å². The molecule has 3 aliphatic heterocycles. The third kappa shape index (κ3) is 4.68. The summed E-state index contributed by atoms with van der Waals surface area (Å²) in [5.74, 6) is -0.0235. The minimum Gasteiger partial charge on any atom is -0.368 e. The molecule has 0 bridgehead atoms. The van der Waals surface area contributed by atoms with Gasteiger partial charge in [-0.05, 0) is 48.4 Å². The molecule has 0 saturated carbocycles. The van der Waals surface area contributed by atoms with Crippen LogP contribution in [-0.4, -0.2) is 62.7 Å². The Labute approximate surface area is 221 Å². The smallest absolute Gasteiger partial charge is 0.368 e. The molecular formula is C30H31F3N4O. The molecule has 198 valence electrons. The number of hydrogen-bond donors (Lipinski definition) is 0. The minimum absolute atomic E-state index is 0.0628. The highest BCUT2D eigenvalue weighted by Crippen LogP contribution is 2.38. The summed E-state index contributed by atoms with van der Waals surface area (Å²) in [6.07, 6.45) is -3.67. The van der Waals surface area contributed by atoms with Crippen LogP contribution in [-0.2, 0) is 17.4 Å². The van der Waals surface area contributed by atoms with Gasteiger partial charge in [-0.2, -0.15) is 13.2 Å². The zero-order valence-electron chi connectivity index (χ0n) is 21.1. The van der Waals surface area contributed by atoms with Crippen molar-refractivity contribution in [2.75, 3.05) is 60.5 Å². The maximum Gasteiger partial charge on any atom is 0.416 e. The fourth-order valence-electron chi connectivity index (χ4n) is 6.21. The van der Waals surface area contributed by atoms with Crippen LogP contribution in [0.15, 0.2) is 78.9 Å². The standard InChI is InChI=1S/C30H31F3N4O/c31-30(32,33)23-8-6-11-25(20-23)34-13-15-35(16-14-34)29(38)26-19-22-7-4-5-12-27(22)37-18-17-36(21-28(26)37)24-9-2-1-3-10-24/h1-12,20,26,28H,13-19,21H2. The fourth-order valence-corrected chi connectivity index (χ4v) is 6.21. The number of benzene rings is 3. The normalized spacial score (nSPS) is 21.7. The first-order valence-corrected chi connectivity index (χ1v) is 13.2. The lowest BCUT2D eigenvalue weighted by Crippen LogP contribution is -2.62. The number of alkyl halides is 3. The van der Waals surface area contributed by atoms with Gasteiger partial charge in [0.15, 0.2) is 0 Å². The summed E-state index contributed by atoms with van der Waals surface area (Å²) in [6.45, 7) is 4.56. The molecule has 6 rings (SSSR count). The lowest BCUT2D eigenvalue weighted by atomic mass is 9.82. The highest BCUT2D eigenvalue weighted by molar-refractivity contribution is 5.83. The average molecular weight is 521 g/mol. The summed E-state index contributed by atoms with van der Waals surface area (Å²) in [7, 11) is 0. The lowest BCUT2D eigenvalue weighted by Gasteiger charge is -2.50. The largest absolute Gasteiger partial charge is 0.416 e. The van der Waals surface area contributed by atoms with Crippen LogP contribution in [0.2, 0.25) is 0 Å². The van der Waals surface area contributed by atoms with Crippen LogP contribution >= 0.6 is 0 Å². The summed E-state index contributed by atoms with van der Waals surface area (Å²) < 4.78 is 39.6. The van der Waals surface area contributed by atoms with Gasteiger partial charge in [-0.15, -0.1) is 0 Å². The molecule has 0 aromatic heterocycles. The van der Waals surface area contributed by atoms with E-state index in [-0.39, 0.29) is 17.9 Å². The van der Waals surface area contributed by atoms with Crippen LogP contribution in [0.1, 0.15) is 11.1 Å². The fraction of sp³-hybridized carbons (Fsp3) is 0.367. The first kappa shape index (κ1) is 24.6. The van der Waals surface area contributed by atoms with Gasteiger partial charge >= 0.3 is 6.18 Å². The van der Waals surface area contributed by atoms with E-state index in [1.807, 2.05) is 34.1 Å². The summed E-state index contributed by atoms with van der Waals surface area (Å²) in [6, 6.07) is 24.3. The van der Waals surface area contributed by atoms with Crippen molar-refractivity contribution in [3.8, 4) is 0 Å². The topological polar surface area (TPSA) is 30.0 Å². The van der Waals surface area contributed by atoms with E-state index in [0.717, 1.165) is 25.7 Å². The summed E-state index contributed by atoms with van der Waals surface area (Å²) >= 11 is 0. The van der Waals surface area contributed by atoms with Gasteiger partial charge in [-0.1, -0.05) is 42.5 Å². The van der Waals surface area contributed by atoms with Crippen LogP contribution in [0.5, 0.6) is 0 Å². The molecule has 0 spiro atoms. The van der Waals surface area contributed by atoms with Crippen molar-refractivity contribution in [2.45, 2.75) is 18.6 Å². The van der Waals surface area contributed by atoms with Gasteiger partial charge in [0.05, 0.1) is 17.5 Å². The maximum atomic E-state index is 14.0. The molecule has 8 heteroatoms. The number of hydrogen-bond acceptors (Lipinski definition) is 4. The van der Waals surface area contributed by atoms with E-state index in [4.69, 9.17) is 0 Å². The second kappa shape index (κ2) is 9.89. The molecule has 0 radical (unpaired) electrons.